The third-order valence-electron chi connectivity index (χ3n) is 5.07. The fourth-order valence-corrected chi connectivity index (χ4v) is 4.77. The highest BCUT2D eigenvalue weighted by Crippen LogP contribution is 2.46. The lowest BCUT2D eigenvalue weighted by Gasteiger charge is -2.62. The van der Waals surface area contributed by atoms with Gasteiger partial charge in [-0.25, -0.2) is 0 Å². The summed E-state index contributed by atoms with van der Waals surface area (Å²) in [7, 11) is 0. The van der Waals surface area contributed by atoms with Crippen LogP contribution >= 0.6 is 11.6 Å². The molecule has 0 radical (unpaired) electrons. The maximum absolute atomic E-state index is 5.91. The highest BCUT2D eigenvalue weighted by Gasteiger charge is 2.57. The van der Waals surface area contributed by atoms with E-state index in [1.54, 1.807) is 0 Å². The van der Waals surface area contributed by atoms with E-state index < -0.39 is 0 Å². The normalized spacial score (nSPS) is 39.7. The first-order valence-corrected chi connectivity index (χ1v) is 8.17. The summed E-state index contributed by atoms with van der Waals surface area (Å²) in [6.45, 7) is 10.2. The van der Waals surface area contributed by atoms with Gasteiger partial charge in [-0.2, -0.15) is 10.2 Å². The summed E-state index contributed by atoms with van der Waals surface area (Å²) in [5.41, 5.74) is 2.58. The van der Waals surface area contributed by atoms with Crippen LogP contribution in [0.25, 0.3) is 0 Å². The summed E-state index contributed by atoms with van der Waals surface area (Å²) in [4.78, 5) is 5.10. The average Bonchev–Trinajstić information content (AvgIpc) is 2.42. The zero-order chi connectivity index (χ0) is 15.4. The molecule has 4 aliphatic rings. The molecule has 5 heteroatoms. The van der Waals surface area contributed by atoms with E-state index in [2.05, 4.69) is 33.9 Å². The molecule has 5 rings (SSSR count). The summed E-state index contributed by atoms with van der Waals surface area (Å²) >= 11 is 5.91. The first-order valence-electron chi connectivity index (χ1n) is 7.79. The Kier molecular flexibility index (Phi) is 3.19. The first kappa shape index (κ1) is 14.4. The molecule has 0 aliphatic carbocycles. The molecule has 4 heterocycles. The molecule has 0 saturated carbocycles. The van der Waals surface area contributed by atoms with Crippen LogP contribution in [0.5, 0.6) is 0 Å². The van der Waals surface area contributed by atoms with Gasteiger partial charge in [-0.3, -0.25) is 9.80 Å². The summed E-state index contributed by atoms with van der Waals surface area (Å²) < 4.78 is 0. The molecular formula is C17H21ClN4. The largest absolute Gasteiger partial charge is 0.289 e. The van der Waals surface area contributed by atoms with E-state index in [4.69, 9.17) is 11.6 Å². The van der Waals surface area contributed by atoms with Gasteiger partial charge in [0.25, 0.3) is 0 Å². The van der Waals surface area contributed by atoms with Crippen molar-refractivity contribution in [3.63, 3.8) is 0 Å². The molecule has 116 valence electrons. The Labute approximate surface area is 136 Å². The van der Waals surface area contributed by atoms with Gasteiger partial charge in [0.1, 0.15) is 0 Å². The second-order valence-corrected chi connectivity index (χ2v) is 7.92. The number of nitrogens with zero attached hydrogens (tertiary/aromatic N) is 4. The van der Waals surface area contributed by atoms with E-state index in [0.29, 0.717) is 0 Å². The Bertz CT molecular complexity index is 611. The molecule has 1 aromatic rings. The van der Waals surface area contributed by atoms with Crippen molar-refractivity contribution < 1.29 is 0 Å². The standard InChI is InChI=1S/C17H21ClN4/c1-16-8-21-10-17(2,11-22(9-16)12-21)15(16)20-19-7-13-3-5-14(18)6-4-13/h3-7H,8-12H2,1-2H3/b19-7+,20-15?. The minimum Gasteiger partial charge on any atom is -0.289 e. The van der Waals surface area contributed by atoms with Crippen molar-refractivity contribution in [2.75, 3.05) is 32.8 Å². The molecule has 4 bridgehead atoms. The first-order chi connectivity index (χ1) is 10.5. The second-order valence-electron chi connectivity index (χ2n) is 7.48. The molecule has 4 aliphatic heterocycles. The van der Waals surface area contributed by atoms with E-state index >= 15 is 0 Å². The third-order valence-corrected chi connectivity index (χ3v) is 5.32. The van der Waals surface area contributed by atoms with Crippen molar-refractivity contribution in [3.05, 3.63) is 34.9 Å². The minimum absolute atomic E-state index is 0.140. The molecule has 0 N–H and O–H groups in total. The number of rotatable bonds is 2. The van der Waals surface area contributed by atoms with Crippen molar-refractivity contribution in [1.29, 1.82) is 0 Å². The molecule has 4 saturated heterocycles. The topological polar surface area (TPSA) is 31.2 Å². The van der Waals surface area contributed by atoms with Crippen molar-refractivity contribution in [2.24, 2.45) is 21.0 Å². The van der Waals surface area contributed by atoms with Crippen LogP contribution in [0.1, 0.15) is 19.4 Å². The van der Waals surface area contributed by atoms with Crippen LogP contribution < -0.4 is 0 Å². The molecule has 0 atom stereocenters. The highest BCUT2D eigenvalue weighted by atomic mass is 35.5. The van der Waals surface area contributed by atoms with Gasteiger partial charge in [0.15, 0.2) is 0 Å². The van der Waals surface area contributed by atoms with E-state index in [1.165, 1.54) is 5.71 Å². The van der Waals surface area contributed by atoms with Gasteiger partial charge in [0.2, 0.25) is 0 Å². The Morgan fingerprint density at radius 3 is 2.09 bits per heavy atom. The molecule has 0 unspecified atom stereocenters. The Morgan fingerprint density at radius 2 is 1.55 bits per heavy atom. The van der Waals surface area contributed by atoms with E-state index in [9.17, 15) is 0 Å². The van der Waals surface area contributed by atoms with Gasteiger partial charge in [-0.1, -0.05) is 37.6 Å². The van der Waals surface area contributed by atoms with Gasteiger partial charge in [0.05, 0.1) is 18.6 Å². The van der Waals surface area contributed by atoms with Crippen LogP contribution in [0.2, 0.25) is 5.02 Å². The summed E-state index contributed by atoms with van der Waals surface area (Å²) in [6, 6.07) is 7.68. The molecule has 22 heavy (non-hydrogen) atoms. The second kappa shape index (κ2) is 4.88. The Hall–Kier alpha value is -1.23. The number of hydrogen-bond acceptors (Lipinski definition) is 4. The highest BCUT2D eigenvalue weighted by molar-refractivity contribution is 6.30. The molecule has 0 amide bonds. The Balaban J connectivity index is 1.62. The lowest BCUT2D eigenvalue weighted by Crippen LogP contribution is -2.74. The van der Waals surface area contributed by atoms with Crippen molar-refractivity contribution in [3.8, 4) is 0 Å². The third kappa shape index (κ3) is 2.30. The lowest BCUT2D eigenvalue weighted by molar-refractivity contribution is -0.0738. The number of benzene rings is 1. The van der Waals surface area contributed by atoms with Gasteiger partial charge in [-0.05, 0) is 17.7 Å². The van der Waals surface area contributed by atoms with Gasteiger partial charge >= 0.3 is 0 Å². The van der Waals surface area contributed by atoms with E-state index in [0.717, 1.165) is 43.4 Å². The fourth-order valence-electron chi connectivity index (χ4n) is 4.64. The number of halogens is 1. The summed E-state index contributed by atoms with van der Waals surface area (Å²) in [5, 5.41) is 9.82. The predicted molar refractivity (Wildman–Crippen MR) is 90.7 cm³/mol. The molecular weight excluding hydrogens is 296 g/mol. The van der Waals surface area contributed by atoms with Crippen LogP contribution in [-0.4, -0.2) is 54.6 Å². The zero-order valence-corrected chi connectivity index (χ0v) is 13.8. The predicted octanol–water partition coefficient (Wildman–Crippen LogP) is 2.73. The summed E-state index contributed by atoms with van der Waals surface area (Å²) in [6.07, 6.45) is 1.82. The smallest absolute Gasteiger partial charge is 0.0574 e. The fraction of sp³-hybridized carbons (Fsp3) is 0.529. The van der Waals surface area contributed by atoms with Gasteiger partial charge < -0.3 is 0 Å². The Morgan fingerprint density at radius 1 is 1.00 bits per heavy atom. The van der Waals surface area contributed by atoms with Crippen LogP contribution in [-0.2, 0) is 0 Å². The lowest BCUT2D eigenvalue weighted by atomic mass is 9.62. The van der Waals surface area contributed by atoms with Crippen LogP contribution in [0.4, 0.5) is 0 Å². The monoisotopic (exact) mass is 316 g/mol. The van der Waals surface area contributed by atoms with E-state index in [1.807, 2.05) is 30.5 Å². The molecule has 4 nitrogen and oxygen atoms in total. The maximum Gasteiger partial charge on any atom is 0.0574 e. The summed E-state index contributed by atoms with van der Waals surface area (Å²) in [5.74, 6) is 0. The van der Waals surface area contributed by atoms with Crippen molar-refractivity contribution in [2.45, 2.75) is 13.8 Å². The molecule has 1 aromatic carbocycles. The van der Waals surface area contributed by atoms with Gasteiger partial charge in [0, 0.05) is 42.0 Å². The maximum atomic E-state index is 5.91. The number of hydrogen-bond donors (Lipinski definition) is 0. The van der Waals surface area contributed by atoms with Crippen molar-refractivity contribution >= 4 is 23.5 Å². The van der Waals surface area contributed by atoms with Crippen LogP contribution in [0, 0.1) is 10.8 Å². The average molecular weight is 317 g/mol. The van der Waals surface area contributed by atoms with Crippen molar-refractivity contribution in [1.82, 2.24) is 9.80 Å². The molecule has 0 spiro atoms. The zero-order valence-electron chi connectivity index (χ0n) is 13.1. The SMILES string of the molecule is CC12CN3CN(C1)CC(C)(C3)C2=N/N=C/c1ccc(Cl)cc1. The quantitative estimate of drug-likeness (QED) is 0.620. The molecule has 4 fully saturated rings. The molecule has 0 aromatic heterocycles. The van der Waals surface area contributed by atoms with Crippen LogP contribution in [0.15, 0.2) is 34.5 Å². The van der Waals surface area contributed by atoms with Crippen LogP contribution in [0.3, 0.4) is 0 Å². The van der Waals surface area contributed by atoms with Gasteiger partial charge in [-0.15, -0.1) is 0 Å². The number of piperidine rings is 2. The van der Waals surface area contributed by atoms with E-state index in [-0.39, 0.29) is 10.8 Å². The minimum atomic E-state index is 0.140.